The number of hydrogen-bond donors (Lipinski definition) is 2. The maximum atomic E-state index is 5.37. The van der Waals surface area contributed by atoms with Crippen molar-refractivity contribution in [2.24, 2.45) is 0 Å². The van der Waals surface area contributed by atoms with Crippen LogP contribution < -0.4 is 25.4 Å². The fourth-order valence-electron chi connectivity index (χ4n) is 6.00. The summed E-state index contributed by atoms with van der Waals surface area (Å²) in [5.41, 5.74) is 11.1. The lowest BCUT2D eigenvalue weighted by Gasteiger charge is -2.32. The zero-order valence-corrected chi connectivity index (χ0v) is 24.4. The molecule has 0 radical (unpaired) electrons. The van der Waals surface area contributed by atoms with E-state index in [1.54, 1.807) is 7.11 Å². The maximum absolute atomic E-state index is 5.37. The van der Waals surface area contributed by atoms with Crippen molar-refractivity contribution in [3.05, 3.63) is 131 Å². The van der Waals surface area contributed by atoms with E-state index in [0.29, 0.717) is 5.95 Å². The Labute approximate surface area is 253 Å². The molecular formula is C36H36N6O. The van der Waals surface area contributed by atoms with Crippen LogP contribution in [0.3, 0.4) is 0 Å². The summed E-state index contributed by atoms with van der Waals surface area (Å²) >= 11 is 0. The number of anilines is 3. The molecule has 2 aliphatic rings. The number of aromatic nitrogens is 2. The Morgan fingerprint density at radius 3 is 2.14 bits per heavy atom. The highest BCUT2D eigenvalue weighted by Crippen LogP contribution is 2.44. The minimum Gasteiger partial charge on any atom is -0.497 e. The number of methoxy groups -OCH3 is 1. The lowest BCUT2D eigenvalue weighted by atomic mass is 10.0. The van der Waals surface area contributed by atoms with Gasteiger partial charge in [0.05, 0.1) is 25.3 Å². The molecule has 2 aliphatic heterocycles. The Balaban J connectivity index is 1.12. The fraction of sp³-hybridized carbons (Fsp3) is 0.222. The Kier molecular flexibility index (Phi) is 7.63. The average Bonchev–Trinajstić information content (AvgIpc) is 3.41. The Morgan fingerprint density at radius 1 is 0.744 bits per heavy atom. The van der Waals surface area contributed by atoms with Crippen LogP contribution in [0.15, 0.2) is 109 Å². The molecule has 0 saturated carbocycles. The van der Waals surface area contributed by atoms with E-state index < -0.39 is 0 Å². The summed E-state index contributed by atoms with van der Waals surface area (Å²) in [5, 5.41) is 5.75. The van der Waals surface area contributed by atoms with Crippen LogP contribution in [0.25, 0.3) is 11.1 Å². The van der Waals surface area contributed by atoms with Gasteiger partial charge in [-0.3, -0.25) is 5.01 Å². The van der Waals surface area contributed by atoms with Crippen LogP contribution >= 0.6 is 0 Å². The van der Waals surface area contributed by atoms with Gasteiger partial charge < -0.3 is 15.0 Å². The first-order valence-corrected chi connectivity index (χ1v) is 15.0. The molecule has 7 rings (SSSR count). The number of nitrogens with one attached hydrogen (secondary N) is 2. The number of rotatable bonds is 10. The predicted molar refractivity (Wildman–Crippen MR) is 173 cm³/mol. The molecule has 0 amide bonds. The zero-order valence-electron chi connectivity index (χ0n) is 24.4. The van der Waals surface area contributed by atoms with Gasteiger partial charge in [0.1, 0.15) is 11.6 Å². The third-order valence-electron chi connectivity index (χ3n) is 8.28. The smallest absolute Gasteiger partial charge is 0.226 e. The first-order chi connectivity index (χ1) is 21.2. The molecule has 4 aromatic carbocycles. The third-order valence-corrected chi connectivity index (χ3v) is 8.28. The first kappa shape index (κ1) is 27.0. The summed E-state index contributed by atoms with van der Waals surface area (Å²) in [7, 11) is 1.70. The molecule has 43 heavy (non-hydrogen) atoms. The fourth-order valence-corrected chi connectivity index (χ4v) is 6.00. The Hall–Kier alpha value is -4.88. The number of nitrogens with zero attached hydrogens (tertiary/aromatic N) is 4. The molecule has 1 unspecified atom stereocenters. The van der Waals surface area contributed by atoms with Crippen molar-refractivity contribution in [2.45, 2.75) is 32.0 Å². The molecule has 1 aromatic heterocycles. The van der Waals surface area contributed by atoms with Crippen LogP contribution in [-0.4, -0.2) is 30.2 Å². The maximum Gasteiger partial charge on any atom is 0.226 e. The highest BCUT2D eigenvalue weighted by atomic mass is 16.5. The lowest BCUT2D eigenvalue weighted by molar-refractivity contribution is 0.414. The van der Waals surface area contributed by atoms with Gasteiger partial charge in [-0.25, -0.2) is 5.43 Å². The minimum atomic E-state index is 0.206. The van der Waals surface area contributed by atoms with Gasteiger partial charge in [-0.1, -0.05) is 97.1 Å². The minimum absolute atomic E-state index is 0.206. The van der Waals surface area contributed by atoms with Gasteiger partial charge in [-0.15, -0.1) is 0 Å². The summed E-state index contributed by atoms with van der Waals surface area (Å²) in [6, 6.07) is 38.4. The van der Waals surface area contributed by atoms with E-state index in [1.807, 2.05) is 18.2 Å². The molecule has 7 nitrogen and oxygen atoms in total. The molecule has 2 N–H and O–H groups in total. The van der Waals surface area contributed by atoms with Crippen molar-refractivity contribution in [3.63, 3.8) is 0 Å². The Morgan fingerprint density at radius 2 is 1.40 bits per heavy atom. The molecule has 5 aromatic rings. The standard InChI is InChI=1S/C36H36N6O/c1-43-31-18-14-28(15-19-31)24-41-23-21-32-33-34(41)38-36(39-35(33)42(40-32)25-27-8-4-2-5-9-27)37-22-20-26-12-16-30(17-13-26)29-10-6-3-7-11-29/h2-19,32,40H,20-25H2,1H3,(H,37,38,39). The van der Waals surface area contributed by atoms with Gasteiger partial charge in [0, 0.05) is 19.6 Å². The summed E-state index contributed by atoms with van der Waals surface area (Å²) in [4.78, 5) is 12.6. The van der Waals surface area contributed by atoms with Crippen molar-refractivity contribution in [1.29, 1.82) is 0 Å². The Bertz CT molecular complexity index is 1660. The largest absolute Gasteiger partial charge is 0.497 e. The second-order valence-corrected chi connectivity index (χ2v) is 11.2. The molecule has 0 aliphatic carbocycles. The van der Waals surface area contributed by atoms with Gasteiger partial charge in [0.25, 0.3) is 0 Å². The van der Waals surface area contributed by atoms with E-state index in [-0.39, 0.29) is 6.04 Å². The second kappa shape index (κ2) is 12.2. The quantitative estimate of drug-likeness (QED) is 0.192. The van der Waals surface area contributed by atoms with Crippen molar-refractivity contribution >= 4 is 17.6 Å². The molecule has 0 saturated heterocycles. The molecule has 0 spiro atoms. The summed E-state index contributed by atoms with van der Waals surface area (Å²) < 4.78 is 5.37. The molecule has 1 atom stereocenters. The van der Waals surface area contributed by atoms with E-state index >= 15 is 0 Å². The van der Waals surface area contributed by atoms with Gasteiger partial charge in [-0.05, 0) is 52.8 Å². The van der Waals surface area contributed by atoms with Crippen molar-refractivity contribution in [3.8, 4) is 16.9 Å². The highest BCUT2D eigenvalue weighted by molar-refractivity contribution is 5.69. The molecule has 7 heteroatoms. The molecule has 0 fully saturated rings. The van der Waals surface area contributed by atoms with E-state index in [4.69, 9.17) is 14.7 Å². The lowest BCUT2D eigenvalue weighted by Crippen LogP contribution is -2.37. The highest BCUT2D eigenvalue weighted by Gasteiger charge is 2.38. The monoisotopic (exact) mass is 568 g/mol. The van der Waals surface area contributed by atoms with E-state index in [1.165, 1.54) is 33.4 Å². The number of hydrogen-bond acceptors (Lipinski definition) is 7. The van der Waals surface area contributed by atoms with Gasteiger partial charge in [-0.2, -0.15) is 9.97 Å². The number of benzene rings is 4. The SMILES string of the molecule is COc1ccc(CN2CCC3NN(Cc4ccccc4)c4nc(NCCc5ccc(-c6ccccc6)cc5)nc2c43)cc1. The van der Waals surface area contributed by atoms with Gasteiger partial charge >= 0.3 is 0 Å². The van der Waals surface area contributed by atoms with Crippen molar-refractivity contribution in [1.82, 2.24) is 15.4 Å². The molecule has 3 heterocycles. The van der Waals surface area contributed by atoms with Gasteiger partial charge in [0.15, 0.2) is 5.82 Å². The predicted octanol–water partition coefficient (Wildman–Crippen LogP) is 6.78. The van der Waals surface area contributed by atoms with Crippen molar-refractivity contribution in [2.75, 3.05) is 35.4 Å². The van der Waals surface area contributed by atoms with E-state index in [0.717, 1.165) is 56.4 Å². The van der Waals surface area contributed by atoms with Crippen LogP contribution in [-0.2, 0) is 19.5 Å². The third kappa shape index (κ3) is 5.90. The molecule has 0 bridgehead atoms. The van der Waals surface area contributed by atoms with E-state index in [9.17, 15) is 0 Å². The topological polar surface area (TPSA) is 65.6 Å². The first-order valence-electron chi connectivity index (χ1n) is 15.0. The van der Waals surface area contributed by atoms with Gasteiger partial charge in [0.2, 0.25) is 5.95 Å². The molecular weight excluding hydrogens is 532 g/mol. The average molecular weight is 569 g/mol. The second-order valence-electron chi connectivity index (χ2n) is 11.2. The number of ether oxygens (including phenoxy) is 1. The van der Waals surface area contributed by atoms with Crippen molar-refractivity contribution < 1.29 is 4.74 Å². The number of hydrazine groups is 1. The zero-order chi connectivity index (χ0) is 29.0. The van der Waals surface area contributed by atoms with Crippen LogP contribution in [0, 0.1) is 0 Å². The summed E-state index contributed by atoms with van der Waals surface area (Å²) in [6.45, 7) is 3.19. The van der Waals surface area contributed by atoms with Crippen LogP contribution in [0.2, 0.25) is 0 Å². The van der Waals surface area contributed by atoms with Crippen LogP contribution in [0.1, 0.15) is 34.7 Å². The molecule has 216 valence electrons. The normalized spacial score (nSPS) is 15.3. The van der Waals surface area contributed by atoms with Crippen LogP contribution in [0.4, 0.5) is 17.6 Å². The van der Waals surface area contributed by atoms with E-state index in [2.05, 4.69) is 112 Å². The summed E-state index contributed by atoms with van der Waals surface area (Å²) in [6.07, 6.45) is 1.88. The summed E-state index contributed by atoms with van der Waals surface area (Å²) in [5.74, 6) is 3.51. The van der Waals surface area contributed by atoms with Crippen LogP contribution in [0.5, 0.6) is 5.75 Å².